The van der Waals surface area contributed by atoms with Crippen LogP contribution in [-0.4, -0.2) is 62.0 Å². The molecule has 1 aromatic carbocycles. The largest absolute Gasteiger partial charge is 0.497 e. The Labute approximate surface area is 181 Å². The van der Waals surface area contributed by atoms with Crippen LogP contribution >= 0.6 is 0 Å². The van der Waals surface area contributed by atoms with Crippen molar-refractivity contribution in [3.05, 3.63) is 54.2 Å². The van der Waals surface area contributed by atoms with Crippen LogP contribution in [0.3, 0.4) is 0 Å². The normalized spacial score (nSPS) is 16.6. The lowest BCUT2D eigenvalue weighted by atomic mass is 10.0. The second kappa shape index (κ2) is 8.81. The Morgan fingerprint density at radius 2 is 1.97 bits per heavy atom. The molecule has 2 aromatic heterocycles. The van der Waals surface area contributed by atoms with Crippen LogP contribution in [0.2, 0.25) is 0 Å². The first-order valence-corrected chi connectivity index (χ1v) is 9.85. The summed E-state index contributed by atoms with van der Waals surface area (Å²) >= 11 is 0. The number of piperidine rings is 1. The number of nitrogens with zero attached hydrogens (tertiary/aromatic N) is 6. The molecule has 4 rings (SSSR count). The zero-order valence-electron chi connectivity index (χ0n) is 17.1. The van der Waals surface area contributed by atoms with Crippen LogP contribution in [0.25, 0.3) is 5.69 Å². The van der Waals surface area contributed by atoms with Gasteiger partial charge in [-0.05, 0) is 25.0 Å². The fourth-order valence-electron chi connectivity index (χ4n) is 3.53. The van der Waals surface area contributed by atoms with E-state index in [1.54, 1.807) is 23.1 Å². The maximum Gasteiger partial charge on any atom is 0.434 e. The lowest BCUT2D eigenvalue weighted by Gasteiger charge is -2.33. The molecule has 0 bridgehead atoms. The quantitative estimate of drug-likeness (QED) is 0.642. The minimum Gasteiger partial charge on any atom is -0.497 e. The third-order valence-corrected chi connectivity index (χ3v) is 5.07. The zero-order chi connectivity index (χ0) is 22.7. The Morgan fingerprint density at radius 3 is 2.62 bits per heavy atom. The van der Waals surface area contributed by atoms with Crippen molar-refractivity contribution >= 4 is 11.7 Å². The first-order valence-electron chi connectivity index (χ1n) is 9.85. The molecular formula is C20H20F3N7O2. The number of methoxy groups -OCH3 is 1. The van der Waals surface area contributed by atoms with E-state index in [9.17, 15) is 18.0 Å². The van der Waals surface area contributed by atoms with E-state index < -0.39 is 11.9 Å². The minimum absolute atomic E-state index is 0.178. The van der Waals surface area contributed by atoms with Gasteiger partial charge in [-0.1, -0.05) is 0 Å². The van der Waals surface area contributed by atoms with Gasteiger partial charge >= 0.3 is 6.18 Å². The summed E-state index contributed by atoms with van der Waals surface area (Å²) in [6.45, 7) is 0.910. The Bertz CT molecular complexity index is 1070. The molecule has 1 aliphatic heterocycles. The molecule has 32 heavy (non-hydrogen) atoms. The van der Waals surface area contributed by atoms with Gasteiger partial charge in [-0.15, -0.1) is 0 Å². The molecule has 0 aliphatic carbocycles. The molecule has 1 saturated heterocycles. The summed E-state index contributed by atoms with van der Waals surface area (Å²) in [4.78, 5) is 23.6. The van der Waals surface area contributed by atoms with Crippen molar-refractivity contribution in [3.63, 3.8) is 0 Å². The fraction of sp³-hybridized carbons (Fsp3) is 0.350. The number of alkyl halides is 3. The van der Waals surface area contributed by atoms with E-state index in [-0.39, 0.29) is 17.8 Å². The summed E-state index contributed by atoms with van der Waals surface area (Å²) in [5.74, 6) is 0.584. The second-order valence-corrected chi connectivity index (χ2v) is 7.22. The highest BCUT2D eigenvalue weighted by molar-refractivity contribution is 5.98. The molecule has 9 nitrogen and oxygen atoms in total. The third kappa shape index (κ3) is 4.63. The fourth-order valence-corrected chi connectivity index (χ4v) is 3.53. The van der Waals surface area contributed by atoms with Crippen LogP contribution in [0.4, 0.5) is 19.0 Å². The molecule has 0 radical (unpaired) electrons. The Balaban J connectivity index is 1.50. The molecule has 1 amide bonds. The molecule has 3 aromatic rings. The summed E-state index contributed by atoms with van der Waals surface area (Å²) in [5.41, 5.74) is -0.150. The first kappa shape index (κ1) is 21.5. The van der Waals surface area contributed by atoms with Crippen molar-refractivity contribution in [2.45, 2.75) is 25.1 Å². The molecule has 12 heteroatoms. The lowest BCUT2D eigenvalue weighted by molar-refractivity contribution is -0.141. The summed E-state index contributed by atoms with van der Waals surface area (Å²) in [6.07, 6.45) is 1.69. The average molecular weight is 447 g/mol. The number of nitrogens with one attached hydrogen (secondary N) is 1. The number of halogens is 3. The number of benzene rings is 1. The molecule has 1 unspecified atom stereocenters. The predicted molar refractivity (Wildman–Crippen MR) is 107 cm³/mol. The molecule has 168 valence electrons. The van der Waals surface area contributed by atoms with Gasteiger partial charge in [0, 0.05) is 25.2 Å². The second-order valence-electron chi connectivity index (χ2n) is 7.22. The number of aromatic nitrogens is 5. The number of rotatable bonds is 5. The molecule has 1 atom stereocenters. The SMILES string of the molecule is COc1ccc(C(=O)N2CCCC(Nc3cnc(C(F)(F)F)cn3)C2)c(-n2nccn2)c1. The van der Waals surface area contributed by atoms with Crippen LogP contribution in [0.15, 0.2) is 43.0 Å². The summed E-state index contributed by atoms with van der Waals surface area (Å²) in [6, 6.07) is 4.86. The monoisotopic (exact) mass is 447 g/mol. The van der Waals surface area contributed by atoms with Gasteiger partial charge < -0.3 is 15.0 Å². The third-order valence-electron chi connectivity index (χ3n) is 5.07. The number of amides is 1. The Morgan fingerprint density at radius 1 is 1.19 bits per heavy atom. The lowest BCUT2D eigenvalue weighted by Crippen LogP contribution is -2.45. The van der Waals surface area contributed by atoms with Gasteiger partial charge in [-0.2, -0.15) is 28.2 Å². The summed E-state index contributed by atoms with van der Waals surface area (Å²) < 4.78 is 43.3. The standard InChI is InChI=1S/C20H20F3N7O2/c1-32-14-4-5-15(16(9-14)30-26-6-7-27-30)19(31)29-8-2-3-13(12-29)28-18-11-24-17(10-25-18)20(21,22)23/h4-7,9-11,13H,2-3,8,12H2,1H3,(H,25,28). The topological polar surface area (TPSA) is 98.1 Å². The van der Waals surface area contributed by atoms with E-state index in [0.29, 0.717) is 36.3 Å². The van der Waals surface area contributed by atoms with Crippen molar-refractivity contribution in [2.24, 2.45) is 0 Å². The van der Waals surface area contributed by atoms with Gasteiger partial charge in [0.1, 0.15) is 17.3 Å². The highest BCUT2D eigenvalue weighted by atomic mass is 19.4. The molecule has 1 aliphatic rings. The smallest absolute Gasteiger partial charge is 0.434 e. The first-order chi connectivity index (χ1) is 15.3. The number of hydrogen-bond donors (Lipinski definition) is 1. The predicted octanol–water partition coefficient (Wildman–Crippen LogP) is 2.80. The van der Waals surface area contributed by atoms with E-state index in [2.05, 4.69) is 25.5 Å². The van der Waals surface area contributed by atoms with Crippen molar-refractivity contribution < 1.29 is 22.7 Å². The van der Waals surface area contributed by atoms with Gasteiger partial charge in [0.25, 0.3) is 5.91 Å². The maximum absolute atomic E-state index is 13.3. The Kier molecular flexibility index (Phi) is 5.93. The number of anilines is 1. The van der Waals surface area contributed by atoms with Crippen molar-refractivity contribution in [1.29, 1.82) is 0 Å². The van der Waals surface area contributed by atoms with Gasteiger partial charge in [0.2, 0.25) is 0 Å². The number of likely N-dealkylation sites (tertiary alicyclic amines) is 1. The van der Waals surface area contributed by atoms with Crippen LogP contribution in [0, 0.1) is 0 Å². The van der Waals surface area contributed by atoms with Crippen LogP contribution in [0.5, 0.6) is 5.75 Å². The number of hydrogen-bond acceptors (Lipinski definition) is 7. The van der Waals surface area contributed by atoms with E-state index in [0.717, 1.165) is 19.0 Å². The van der Waals surface area contributed by atoms with Crippen molar-refractivity contribution in [2.75, 3.05) is 25.5 Å². The van der Waals surface area contributed by atoms with E-state index in [1.165, 1.54) is 24.3 Å². The van der Waals surface area contributed by atoms with Crippen LogP contribution in [0.1, 0.15) is 28.9 Å². The average Bonchev–Trinajstić information content (AvgIpc) is 3.33. The van der Waals surface area contributed by atoms with Gasteiger partial charge in [-0.3, -0.25) is 4.79 Å². The Hall–Kier alpha value is -3.70. The number of ether oxygens (including phenoxy) is 1. The van der Waals surface area contributed by atoms with Crippen LogP contribution in [-0.2, 0) is 6.18 Å². The van der Waals surface area contributed by atoms with E-state index in [1.807, 2.05) is 0 Å². The van der Waals surface area contributed by atoms with Crippen LogP contribution < -0.4 is 10.1 Å². The molecule has 0 spiro atoms. The number of carbonyl (C=O) groups excluding carboxylic acids is 1. The van der Waals surface area contributed by atoms with Gasteiger partial charge in [0.05, 0.1) is 37.5 Å². The minimum atomic E-state index is -4.54. The van der Waals surface area contributed by atoms with Gasteiger partial charge in [-0.25, -0.2) is 9.97 Å². The highest BCUT2D eigenvalue weighted by Crippen LogP contribution is 2.27. The number of carbonyl (C=O) groups is 1. The molecular weight excluding hydrogens is 427 g/mol. The summed E-state index contributed by atoms with van der Waals surface area (Å²) in [7, 11) is 1.53. The summed E-state index contributed by atoms with van der Waals surface area (Å²) in [5, 5.41) is 11.3. The molecule has 1 N–H and O–H groups in total. The van der Waals surface area contributed by atoms with E-state index in [4.69, 9.17) is 4.74 Å². The zero-order valence-corrected chi connectivity index (χ0v) is 17.1. The van der Waals surface area contributed by atoms with Crippen molar-refractivity contribution in [1.82, 2.24) is 29.9 Å². The highest BCUT2D eigenvalue weighted by Gasteiger charge is 2.33. The molecule has 0 saturated carbocycles. The molecule has 3 heterocycles. The molecule has 1 fully saturated rings. The maximum atomic E-state index is 13.3. The van der Waals surface area contributed by atoms with Crippen molar-refractivity contribution in [3.8, 4) is 11.4 Å². The van der Waals surface area contributed by atoms with Gasteiger partial charge in [0.15, 0.2) is 5.69 Å². The van der Waals surface area contributed by atoms with E-state index >= 15 is 0 Å².